The highest BCUT2D eigenvalue weighted by atomic mass is 35.5. The Bertz CT molecular complexity index is 618. The van der Waals surface area contributed by atoms with Gasteiger partial charge in [-0.05, 0) is 12.1 Å². The van der Waals surface area contributed by atoms with Crippen molar-refractivity contribution in [3.8, 4) is 0 Å². The predicted molar refractivity (Wildman–Crippen MR) is 62.4 cm³/mol. The summed E-state index contributed by atoms with van der Waals surface area (Å²) in [6, 6.07) is 7.00. The van der Waals surface area contributed by atoms with Gasteiger partial charge in [-0.15, -0.1) is 0 Å². The van der Waals surface area contributed by atoms with Gasteiger partial charge in [-0.25, -0.2) is 4.79 Å². The number of rotatable bonds is 2. The van der Waals surface area contributed by atoms with Crippen LogP contribution >= 0.6 is 11.6 Å². The molecule has 0 radical (unpaired) electrons. The lowest BCUT2D eigenvalue weighted by Gasteiger charge is -2.05. The number of H-pyrrole nitrogens is 2. The van der Waals surface area contributed by atoms with Crippen LogP contribution in [0.4, 0.5) is 11.4 Å². The third-order valence-corrected chi connectivity index (χ3v) is 2.29. The van der Waals surface area contributed by atoms with Gasteiger partial charge in [0.1, 0.15) is 5.69 Å². The molecule has 0 saturated carbocycles. The average Bonchev–Trinajstić information content (AvgIpc) is 2.25. The summed E-state index contributed by atoms with van der Waals surface area (Å²) < 4.78 is 0. The maximum atomic E-state index is 11.4. The highest BCUT2D eigenvalue weighted by molar-refractivity contribution is 6.33. The molecule has 82 valence electrons. The lowest BCUT2D eigenvalue weighted by Crippen LogP contribution is -2.23. The summed E-state index contributed by atoms with van der Waals surface area (Å²) in [6.45, 7) is 0. The van der Waals surface area contributed by atoms with Gasteiger partial charge >= 0.3 is 5.69 Å². The van der Waals surface area contributed by atoms with Gasteiger partial charge in [0, 0.05) is 6.20 Å². The molecule has 0 aliphatic rings. The summed E-state index contributed by atoms with van der Waals surface area (Å²) in [6.07, 6.45) is 1.30. The molecule has 0 saturated heterocycles. The maximum Gasteiger partial charge on any atom is 0.325 e. The van der Waals surface area contributed by atoms with Crippen molar-refractivity contribution >= 4 is 23.0 Å². The molecule has 0 aliphatic heterocycles. The van der Waals surface area contributed by atoms with E-state index in [1.807, 2.05) is 0 Å². The van der Waals surface area contributed by atoms with Crippen LogP contribution in [0.25, 0.3) is 0 Å². The number of halogens is 1. The molecule has 5 nitrogen and oxygen atoms in total. The van der Waals surface area contributed by atoms with Crippen LogP contribution in [-0.4, -0.2) is 9.97 Å². The van der Waals surface area contributed by atoms with Crippen molar-refractivity contribution in [2.45, 2.75) is 0 Å². The Morgan fingerprint density at radius 2 is 1.88 bits per heavy atom. The molecule has 0 bridgehead atoms. The smallest absolute Gasteiger partial charge is 0.325 e. The number of anilines is 2. The summed E-state index contributed by atoms with van der Waals surface area (Å²) in [5, 5.41) is 3.32. The van der Waals surface area contributed by atoms with Crippen LogP contribution in [0, 0.1) is 0 Å². The van der Waals surface area contributed by atoms with E-state index in [2.05, 4.69) is 15.3 Å². The topological polar surface area (TPSA) is 77.8 Å². The largest absolute Gasteiger partial charge is 0.349 e. The first kappa shape index (κ1) is 10.5. The number of hydrogen-bond acceptors (Lipinski definition) is 3. The first-order valence-corrected chi connectivity index (χ1v) is 4.88. The van der Waals surface area contributed by atoms with Crippen LogP contribution in [-0.2, 0) is 0 Å². The molecule has 6 heteroatoms. The van der Waals surface area contributed by atoms with E-state index < -0.39 is 11.2 Å². The van der Waals surface area contributed by atoms with E-state index in [0.29, 0.717) is 10.7 Å². The van der Waals surface area contributed by atoms with Crippen LogP contribution in [0.15, 0.2) is 40.1 Å². The zero-order valence-corrected chi connectivity index (χ0v) is 8.84. The Labute approximate surface area is 95.1 Å². The molecule has 0 atom stereocenters. The molecular formula is C10H8ClN3O2. The first-order valence-electron chi connectivity index (χ1n) is 4.50. The molecule has 3 N–H and O–H groups in total. The normalized spacial score (nSPS) is 10.1. The minimum Gasteiger partial charge on any atom is -0.349 e. The predicted octanol–water partition coefficient (Wildman–Crippen LogP) is 1.46. The maximum absolute atomic E-state index is 11.4. The Kier molecular flexibility index (Phi) is 2.78. The van der Waals surface area contributed by atoms with Crippen molar-refractivity contribution in [3.05, 3.63) is 56.3 Å². The number of nitrogens with one attached hydrogen (secondary N) is 3. The zero-order chi connectivity index (χ0) is 11.5. The molecule has 2 aromatic rings. The highest BCUT2D eigenvalue weighted by Gasteiger charge is 2.02. The van der Waals surface area contributed by atoms with E-state index in [4.69, 9.17) is 11.6 Å². The minimum absolute atomic E-state index is 0.229. The number of aromatic nitrogens is 2. The Balaban J connectivity index is 2.38. The lowest BCUT2D eigenvalue weighted by molar-refractivity contribution is 1.04. The van der Waals surface area contributed by atoms with E-state index in [-0.39, 0.29) is 5.69 Å². The monoisotopic (exact) mass is 237 g/mol. The third kappa shape index (κ3) is 2.14. The number of aromatic amines is 2. The summed E-state index contributed by atoms with van der Waals surface area (Å²) >= 11 is 5.91. The highest BCUT2D eigenvalue weighted by Crippen LogP contribution is 2.22. The quantitative estimate of drug-likeness (QED) is 0.740. The fourth-order valence-corrected chi connectivity index (χ4v) is 1.39. The summed E-state index contributed by atoms with van der Waals surface area (Å²) in [5.41, 5.74) is -0.215. The van der Waals surface area contributed by atoms with E-state index >= 15 is 0 Å². The van der Waals surface area contributed by atoms with Crippen molar-refractivity contribution in [2.24, 2.45) is 0 Å². The summed E-state index contributed by atoms with van der Waals surface area (Å²) in [7, 11) is 0. The standard InChI is InChI=1S/C10H8ClN3O2/c11-6-3-1-2-4-7(6)13-8-5-12-10(16)14-9(8)15/h1-5,13H,(H2,12,14,15,16). The van der Waals surface area contributed by atoms with Crippen LogP contribution < -0.4 is 16.6 Å². The fourth-order valence-electron chi connectivity index (χ4n) is 1.21. The summed E-state index contributed by atoms with van der Waals surface area (Å²) in [5.74, 6) is 0. The van der Waals surface area contributed by atoms with Gasteiger partial charge in [0.2, 0.25) is 0 Å². The number of hydrogen-bond donors (Lipinski definition) is 3. The molecule has 0 aliphatic carbocycles. The van der Waals surface area contributed by atoms with Crippen molar-refractivity contribution in [2.75, 3.05) is 5.32 Å². The van der Waals surface area contributed by atoms with Gasteiger partial charge in [-0.2, -0.15) is 0 Å². The first-order chi connectivity index (χ1) is 7.66. The van der Waals surface area contributed by atoms with E-state index in [0.717, 1.165) is 0 Å². The Morgan fingerprint density at radius 3 is 2.56 bits per heavy atom. The SMILES string of the molecule is O=c1[nH]cc(Nc2ccccc2Cl)c(=O)[nH]1. The molecule has 0 amide bonds. The van der Waals surface area contributed by atoms with Gasteiger partial charge in [0.15, 0.2) is 0 Å². The van der Waals surface area contributed by atoms with Crippen molar-refractivity contribution < 1.29 is 0 Å². The lowest BCUT2D eigenvalue weighted by atomic mass is 10.3. The van der Waals surface area contributed by atoms with E-state index in [1.165, 1.54) is 6.20 Å². The van der Waals surface area contributed by atoms with Crippen LogP contribution in [0.2, 0.25) is 5.02 Å². The van der Waals surface area contributed by atoms with Gasteiger partial charge in [0.05, 0.1) is 10.7 Å². The second-order valence-electron chi connectivity index (χ2n) is 3.09. The number of para-hydroxylation sites is 1. The molecule has 1 aromatic carbocycles. The van der Waals surface area contributed by atoms with Gasteiger partial charge in [-0.3, -0.25) is 9.78 Å². The third-order valence-electron chi connectivity index (χ3n) is 1.96. The van der Waals surface area contributed by atoms with Crippen molar-refractivity contribution in [1.82, 2.24) is 9.97 Å². The van der Waals surface area contributed by atoms with Gasteiger partial charge in [0.25, 0.3) is 5.56 Å². The molecule has 16 heavy (non-hydrogen) atoms. The zero-order valence-electron chi connectivity index (χ0n) is 8.08. The van der Waals surface area contributed by atoms with Crippen LogP contribution in [0.1, 0.15) is 0 Å². The van der Waals surface area contributed by atoms with E-state index in [9.17, 15) is 9.59 Å². The van der Waals surface area contributed by atoms with Gasteiger partial charge in [-0.1, -0.05) is 23.7 Å². The van der Waals surface area contributed by atoms with E-state index in [1.54, 1.807) is 24.3 Å². The second kappa shape index (κ2) is 4.24. The molecular weight excluding hydrogens is 230 g/mol. The Morgan fingerprint density at radius 1 is 1.12 bits per heavy atom. The molecule has 0 fully saturated rings. The fraction of sp³-hybridized carbons (Fsp3) is 0. The molecule has 0 unspecified atom stereocenters. The molecule has 2 rings (SSSR count). The Hall–Kier alpha value is -2.01. The summed E-state index contributed by atoms with van der Waals surface area (Å²) in [4.78, 5) is 26.6. The van der Waals surface area contributed by atoms with Crippen molar-refractivity contribution in [3.63, 3.8) is 0 Å². The van der Waals surface area contributed by atoms with Crippen LogP contribution in [0.3, 0.4) is 0 Å². The molecule has 1 aromatic heterocycles. The molecule has 0 spiro atoms. The van der Waals surface area contributed by atoms with Crippen LogP contribution in [0.5, 0.6) is 0 Å². The van der Waals surface area contributed by atoms with Gasteiger partial charge < -0.3 is 10.3 Å². The minimum atomic E-state index is -0.547. The van der Waals surface area contributed by atoms with Crippen molar-refractivity contribution in [1.29, 1.82) is 0 Å². The second-order valence-corrected chi connectivity index (χ2v) is 3.50. The average molecular weight is 238 g/mol. The number of benzene rings is 1. The molecule has 1 heterocycles.